The van der Waals surface area contributed by atoms with Crippen molar-refractivity contribution in [3.63, 3.8) is 0 Å². The van der Waals surface area contributed by atoms with Gasteiger partial charge in [-0.3, -0.25) is 4.98 Å². The second-order valence-corrected chi connectivity index (χ2v) is 5.87. The lowest BCUT2D eigenvalue weighted by Gasteiger charge is -2.08. The van der Waals surface area contributed by atoms with Crippen LogP contribution in [0.3, 0.4) is 0 Å². The normalized spacial score (nSPS) is 10.9. The van der Waals surface area contributed by atoms with Crippen molar-refractivity contribution in [3.8, 4) is 11.8 Å². The van der Waals surface area contributed by atoms with Gasteiger partial charge < -0.3 is 5.32 Å². The van der Waals surface area contributed by atoms with Gasteiger partial charge in [0.15, 0.2) is 0 Å². The Morgan fingerprint density at radius 3 is 2.39 bits per heavy atom. The summed E-state index contributed by atoms with van der Waals surface area (Å²) in [6, 6.07) is 0. The molecule has 1 aromatic rings. The molecule has 0 atom stereocenters. The van der Waals surface area contributed by atoms with E-state index in [0.717, 1.165) is 18.5 Å². The lowest BCUT2D eigenvalue weighted by molar-refractivity contribution is 0.570. The quantitative estimate of drug-likeness (QED) is 0.675. The lowest BCUT2D eigenvalue weighted by Crippen LogP contribution is -2.18. The Hall–Kier alpha value is -0.750. The molecule has 0 fully saturated rings. The molecule has 0 amide bonds. The molecule has 0 aliphatic rings. The van der Waals surface area contributed by atoms with Crippen LogP contribution in [0.4, 0.5) is 0 Å². The van der Waals surface area contributed by atoms with E-state index in [4.69, 9.17) is 23.2 Å². The molecule has 0 saturated heterocycles. The largest absolute Gasteiger partial charge is 0.306 e. The van der Waals surface area contributed by atoms with Gasteiger partial charge in [-0.25, -0.2) is 0 Å². The van der Waals surface area contributed by atoms with Crippen molar-refractivity contribution in [2.45, 2.75) is 27.2 Å². The number of nitrogens with one attached hydrogen (secondary N) is 1. The number of rotatable bonds is 4. The Labute approximate surface area is 119 Å². The van der Waals surface area contributed by atoms with Gasteiger partial charge in [0.25, 0.3) is 0 Å². The maximum Gasteiger partial charge on any atom is 0.0636 e. The van der Waals surface area contributed by atoms with Gasteiger partial charge >= 0.3 is 0 Å². The molecule has 0 unspecified atom stereocenters. The minimum Gasteiger partial charge on any atom is -0.306 e. The zero-order valence-corrected chi connectivity index (χ0v) is 12.5. The third kappa shape index (κ3) is 5.73. The second-order valence-electron chi connectivity index (χ2n) is 5.06. The standard InChI is InChI=1S/C14H18Cl2N2/c1-14(2,3)6-4-7-17-8-5-11-12(15)9-18-10-13(11)16/h9-10,17H,5,7-8H2,1-3H3. The van der Waals surface area contributed by atoms with Crippen LogP contribution in [0.2, 0.25) is 10.0 Å². The number of aromatic nitrogens is 1. The highest BCUT2D eigenvalue weighted by molar-refractivity contribution is 6.35. The van der Waals surface area contributed by atoms with Crippen molar-refractivity contribution in [3.05, 3.63) is 28.0 Å². The van der Waals surface area contributed by atoms with Crippen LogP contribution < -0.4 is 5.32 Å². The van der Waals surface area contributed by atoms with Crippen molar-refractivity contribution in [2.75, 3.05) is 13.1 Å². The molecule has 4 heteroatoms. The van der Waals surface area contributed by atoms with E-state index >= 15 is 0 Å². The molecule has 0 saturated carbocycles. The monoisotopic (exact) mass is 284 g/mol. The van der Waals surface area contributed by atoms with Crippen molar-refractivity contribution < 1.29 is 0 Å². The zero-order valence-electron chi connectivity index (χ0n) is 11.0. The molecule has 1 N–H and O–H groups in total. The van der Waals surface area contributed by atoms with Crippen LogP contribution in [-0.4, -0.2) is 18.1 Å². The third-order valence-electron chi connectivity index (χ3n) is 2.18. The van der Waals surface area contributed by atoms with Gasteiger partial charge in [-0.1, -0.05) is 35.0 Å². The molecule has 2 nitrogen and oxygen atoms in total. The fraction of sp³-hybridized carbons (Fsp3) is 0.500. The minimum atomic E-state index is 0.0550. The zero-order chi connectivity index (χ0) is 13.6. The molecule has 1 rings (SSSR count). The van der Waals surface area contributed by atoms with Gasteiger partial charge in [0.05, 0.1) is 16.6 Å². The molecule has 0 spiro atoms. The number of halogens is 2. The Morgan fingerprint density at radius 1 is 1.22 bits per heavy atom. The van der Waals surface area contributed by atoms with Gasteiger partial charge in [-0.15, -0.1) is 0 Å². The summed E-state index contributed by atoms with van der Waals surface area (Å²) >= 11 is 12.1. The predicted octanol–water partition coefficient (Wildman–Crippen LogP) is 3.57. The molecule has 0 bridgehead atoms. The molecule has 0 radical (unpaired) electrons. The highest BCUT2D eigenvalue weighted by Gasteiger charge is 2.05. The first-order valence-electron chi connectivity index (χ1n) is 5.89. The summed E-state index contributed by atoms with van der Waals surface area (Å²) in [6.45, 7) is 7.75. The average Bonchev–Trinajstić information content (AvgIpc) is 2.25. The highest BCUT2D eigenvalue weighted by atomic mass is 35.5. The first-order chi connectivity index (χ1) is 8.40. The van der Waals surface area contributed by atoms with Gasteiger partial charge in [-0.2, -0.15) is 0 Å². The summed E-state index contributed by atoms with van der Waals surface area (Å²) in [5, 5.41) is 4.48. The topological polar surface area (TPSA) is 24.9 Å². The van der Waals surface area contributed by atoms with E-state index in [0.29, 0.717) is 16.6 Å². The molecular formula is C14H18Cl2N2. The van der Waals surface area contributed by atoms with Crippen molar-refractivity contribution in [1.29, 1.82) is 0 Å². The number of hydrogen-bond acceptors (Lipinski definition) is 2. The Kier molecular flexibility index (Phi) is 5.95. The van der Waals surface area contributed by atoms with E-state index in [1.807, 2.05) is 0 Å². The predicted molar refractivity (Wildman–Crippen MR) is 78.1 cm³/mol. The number of pyridine rings is 1. The van der Waals surface area contributed by atoms with Crippen molar-refractivity contribution in [2.24, 2.45) is 5.41 Å². The molecule has 1 heterocycles. The van der Waals surface area contributed by atoms with Crippen LogP contribution in [0.25, 0.3) is 0 Å². The van der Waals surface area contributed by atoms with E-state index in [-0.39, 0.29) is 5.41 Å². The van der Waals surface area contributed by atoms with Crippen LogP contribution in [0.15, 0.2) is 12.4 Å². The minimum absolute atomic E-state index is 0.0550. The first kappa shape index (κ1) is 15.3. The summed E-state index contributed by atoms with van der Waals surface area (Å²) in [4.78, 5) is 3.92. The Morgan fingerprint density at radius 2 is 1.83 bits per heavy atom. The van der Waals surface area contributed by atoms with Crippen LogP contribution in [0.5, 0.6) is 0 Å². The van der Waals surface area contributed by atoms with Crippen molar-refractivity contribution >= 4 is 23.2 Å². The maximum atomic E-state index is 6.03. The second kappa shape index (κ2) is 6.99. The average molecular weight is 285 g/mol. The molecule has 0 aliphatic carbocycles. The summed E-state index contributed by atoms with van der Waals surface area (Å²) in [6.07, 6.45) is 4.00. The smallest absolute Gasteiger partial charge is 0.0636 e. The van der Waals surface area contributed by atoms with E-state index < -0.39 is 0 Å². The van der Waals surface area contributed by atoms with E-state index in [1.165, 1.54) is 0 Å². The fourth-order valence-corrected chi connectivity index (χ4v) is 1.90. The van der Waals surface area contributed by atoms with Crippen molar-refractivity contribution in [1.82, 2.24) is 10.3 Å². The molecular weight excluding hydrogens is 267 g/mol. The summed E-state index contributed by atoms with van der Waals surface area (Å²) < 4.78 is 0. The van der Waals surface area contributed by atoms with E-state index in [9.17, 15) is 0 Å². The fourth-order valence-electron chi connectivity index (χ4n) is 1.35. The number of nitrogens with zero attached hydrogens (tertiary/aromatic N) is 1. The van der Waals surface area contributed by atoms with Crippen LogP contribution in [0.1, 0.15) is 26.3 Å². The Balaban J connectivity index is 2.36. The Bertz CT molecular complexity index is 433. The summed E-state index contributed by atoms with van der Waals surface area (Å²) in [7, 11) is 0. The lowest BCUT2D eigenvalue weighted by atomic mass is 9.98. The van der Waals surface area contributed by atoms with Crippen LogP contribution in [0, 0.1) is 17.3 Å². The summed E-state index contributed by atoms with van der Waals surface area (Å²) in [5.41, 5.74) is 0.990. The van der Waals surface area contributed by atoms with Gasteiger partial charge in [-0.05, 0) is 32.8 Å². The van der Waals surface area contributed by atoms with E-state index in [1.54, 1.807) is 12.4 Å². The summed E-state index contributed by atoms with van der Waals surface area (Å²) in [5.74, 6) is 6.27. The highest BCUT2D eigenvalue weighted by Crippen LogP contribution is 2.22. The molecule has 18 heavy (non-hydrogen) atoms. The van der Waals surface area contributed by atoms with E-state index in [2.05, 4.69) is 42.9 Å². The first-order valence-corrected chi connectivity index (χ1v) is 6.64. The van der Waals surface area contributed by atoms with Crippen LogP contribution in [-0.2, 0) is 6.42 Å². The maximum absolute atomic E-state index is 6.03. The molecule has 1 aromatic heterocycles. The SMILES string of the molecule is CC(C)(C)C#CCNCCc1c(Cl)cncc1Cl. The third-order valence-corrected chi connectivity index (χ3v) is 2.83. The van der Waals surface area contributed by atoms with Gasteiger partial charge in [0.2, 0.25) is 0 Å². The van der Waals surface area contributed by atoms with Gasteiger partial charge in [0.1, 0.15) is 0 Å². The van der Waals surface area contributed by atoms with Gasteiger partial charge in [0, 0.05) is 24.4 Å². The molecule has 0 aromatic carbocycles. The molecule has 0 aliphatic heterocycles. The number of hydrogen-bond donors (Lipinski definition) is 1. The van der Waals surface area contributed by atoms with Crippen LogP contribution >= 0.6 is 23.2 Å². The molecule has 98 valence electrons.